The van der Waals surface area contributed by atoms with Crippen LogP contribution in [0.25, 0.3) is 0 Å². The summed E-state index contributed by atoms with van der Waals surface area (Å²) in [5.74, 6) is 0. The predicted molar refractivity (Wildman–Crippen MR) is 94.7 cm³/mol. The van der Waals surface area contributed by atoms with Crippen molar-refractivity contribution in [1.82, 2.24) is 5.32 Å². The molecule has 2 aromatic rings. The number of nitrogens with zero attached hydrogens (tertiary/aromatic N) is 1. The molecule has 116 valence electrons. The van der Waals surface area contributed by atoms with E-state index in [2.05, 4.69) is 53.5 Å². The first-order valence-electron chi connectivity index (χ1n) is 8.01. The van der Waals surface area contributed by atoms with Crippen LogP contribution in [0.5, 0.6) is 0 Å². The molecule has 0 aliphatic carbocycles. The Labute approximate surface area is 138 Å². The van der Waals surface area contributed by atoms with E-state index >= 15 is 0 Å². The maximum absolute atomic E-state index is 6.16. The quantitative estimate of drug-likeness (QED) is 0.899. The molecule has 1 heterocycles. The number of halogens is 1. The van der Waals surface area contributed by atoms with Gasteiger partial charge < -0.3 is 10.2 Å². The Morgan fingerprint density at radius 2 is 1.86 bits per heavy atom. The molecule has 22 heavy (non-hydrogen) atoms. The molecule has 1 aliphatic rings. The molecule has 1 fully saturated rings. The standard InChI is InChI=1S/C19H23ClN2/c1-15-4-2-7-19(12-15)22(18-8-10-21-11-9-18)14-16-5-3-6-17(20)13-16/h2-7,12-13,18,21H,8-11,14H2,1H3. The highest BCUT2D eigenvalue weighted by Crippen LogP contribution is 2.25. The fourth-order valence-corrected chi connectivity index (χ4v) is 3.40. The van der Waals surface area contributed by atoms with Crippen molar-refractivity contribution in [1.29, 1.82) is 0 Å². The third-order valence-corrected chi connectivity index (χ3v) is 4.56. The number of hydrogen-bond donors (Lipinski definition) is 1. The molecular weight excluding hydrogens is 292 g/mol. The molecule has 0 aromatic heterocycles. The second-order valence-electron chi connectivity index (χ2n) is 6.08. The predicted octanol–water partition coefficient (Wildman–Crippen LogP) is 4.41. The first kappa shape index (κ1) is 15.4. The second kappa shape index (κ2) is 7.17. The smallest absolute Gasteiger partial charge is 0.0433 e. The molecule has 0 unspecified atom stereocenters. The van der Waals surface area contributed by atoms with Crippen LogP contribution in [0.4, 0.5) is 5.69 Å². The van der Waals surface area contributed by atoms with Gasteiger partial charge in [-0.2, -0.15) is 0 Å². The SMILES string of the molecule is Cc1cccc(N(Cc2cccc(Cl)c2)C2CCNCC2)c1. The molecular formula is C19H23ClN2. The van der Waals surface area contributed by atoms with E-state index in [0.717, 1.165) is 24.7 Å². The first-order chi connectivity index (χ1) is 10.7. The summed E-state index contributed by atoms with van der Waals surface area (Å²) in [5.41, 5.74) is 3.89. The summed E-state index contributed by atoms with van der Waals surface area (Å²) in [6.45, 7) is 5.27. The Hall–Kier alpha value is -1.51. The van der Waals surface area contributed by atoms with Crippen LogP contribution in [0.15, 0.2) is 48.5 Å². The summed E-state index contributed by atoms with van der Waals surface area (Å²) in [4.78, 5) is 2.54. The Morgan fingerprint density at radius 3 is 2.59 bits per heavy atom. The van der Waals surface area contributed by atoms with E-state index in [1.54, 1.807) is 0 Å². The summed E-state index contributed by atoms with van der Waals surface area (Å²) < 4.78 is 0. The highest BCUT2D eigenvalue weighted by Gasteiger charge is 2.21. The van der Waals surface area contributed by atoms with E-state index in [1.165, 1.54) is 29.7 Å². The van der Waals surface area contributed by atoms with Gasteiger partial charge in [-0.3, -0.25) is 0 Å². The minimum Gasteiger partial charge on any atom is -0.364 e. The molecule has 1 aliphatic heterocycles. The minimum atomic E-state index is 0.585. The maximum atomic E-state index is 6.16. The molecule has 1 saturated heterocycles. The topological polar surface area (TPSA) is 15.3 Å². The zero-order chi connectivity index (χ0) is 15.4. The van der Waals surface area contributed by atoms with Gasteiger partial charge in [0.15, 0.2) is 0 Å². The van der Waals surface area contributed by atoms with E-state index in [0.29, 0.717) is 6.04 Å². The molecule has 0 amide bonds. The van der Waals surface area contributed by atoms with Crippen LogP contribution < -0.4 is 10.2 Å². The normalized spacial score (nSPS) is 15.7. The second-order valence-corrected chi connectivity index (χ2v) is 6.51. The van der Waals surface area contributed by atoms with Crippen molar-refractivity contribution in [2.45, 2.75) is 32.4 Å². The van der Waals surface area contributed by atoms with Crippen molar-refractivity contribution >= 4 is 17.3 Å². The number of hydrogen-bond acceptors (Lipinski definition) is 2. The van der Waals surface area contributed by atoms with Crippen molar-refractivity contribution < 1.29 is 0 Å². The van der Waals surface area contributed by atoms with Gasteiger partial charge in [-0.05, 0) is 68.2 Å². The van der Waals surface area contributed by atoms with E-state index in [4.69, 9.17) is 11.6 Å². The zero-order valence-corrected chi connectivity index (χ0v) is 13.8. The molecule has 0 saturated carbocycles. The number of piperidine rings is 1. The number of nitrogens with one attached hydrogen (secondary N) is 1. The molecule has 0 spiro atoms. The maximum Gasteiger partial charge on any atom is 0.0433 e. The van der Waals surface area contributed by atoms with Gasteiger partial charge in [0.05, 0.1) is 0 Å². The fraction of sp³-hybridized carbons (Fsp3) is 0.368. The number of rotatable bonds is 4. The van der Waals surface area contributed by atoms with Gasteiger partial charge in [0, 0.05) is 23.3 Å². The van der Waals surface area contributed by atoms with Gasteiger partial charge in [0.2, 0.25) is 0 Å². The Morgan fingerprint density at radius 1 is 1.09 bits per heavy atom. The summed E-state index contributed by atoms with van der Waals surface area (Å²) in [6.07, 6.45) is 2.38. The Balaban J connectivity index is 1.88. The van der Waals surface area contributed by atoms with Crippen LogP contribution in [-0.2, 0) is 6.54 Å². The van der Waals surface area contributed by atoms with Crippen molar-refractivity contribution in [2.75, 3.05) is 18.0 Å². The highest BCUT2D eigenvalue weighted by molar-refractivity contribution is 6.30. The average molecular weight is 315 g/mol. The molecule has 0 radical (unpaired) electrons. The van der Waals surface area contributed by atoms with Crippen LogP contribution in [0.1, 0.15) is 24.0 Å². The van der Waals surface area contributed by atoms with Gasteiger partial charge in [-0.25, -0.2) is 0 Å². The molecule has 3 rings (SSSR count). The number of anilines is 1. The number of aryl methyl sites for hydroxylation is 1. The molecule has 0 bridgehead atoms. The largest absolute Gasteiger partial charge is 0.364 e. The lowest BCUT2D eigenvalue weighted by Crippen LogP contribution is -2.43. The van der Waals surface area contributed by atoms with Crippen LogP contribution in [0.2, 0.25) is 5.02 Å². The van der Waals surface area contributed by atoms with E-state index in [9.17, 15) is 0 Å². The zero-order valence-electron chi connectivity index (χ0n) is 13.1. The molecule has 0 atom stereocenters. The van der Waals surface area contributed by atoms with Crippen LogP contribution in [0, 0.1) is 6.92 Å². The average Bonchev–Trinajstić information content (AvgIpc) is 2.53. The van der Waals surface area contributed by atoms with Crippen LogP contribution in [0.3, 0.4) is 0 Å². The van der Waals surface area contributed by atoms with Crippen molar-refractivity contribution in [3.8, 4) is 0 Å². The minimum absolute atomic E-state index is 0.585. The van der Waals surface area contributed by atoms with Gasteiger partial charge >= 0.3 is 0 Å². The third kappa shape index (κ3) is 3.82. The van der Waals surface area contributed by atoms with E-state index in [-0.39, 0.29) is 0 Å². The molecule has 3 heteroatoms. The summed E-state index contributed by atoms with van der Waals surface area (Å²) >= 11 is 6.16. The highest BCUT2D eigenvalue weighted by atomic mass is 35.5. The van der Waals surface area contributed by atoms with Crippen molar-refractivity contribution in [3.63, 3.8) is 0 Å². The lowest BCUT2D eigenvalue weighted by atomic mass is 10.0. The number of benzene rings is 2. The molecule has 2 aromatic carbocycles. The summed E-state index contributed by atoms with van der Waals surface area (Å²) in [7, 11) is 0. The van der Waals surface area contributed by atoms with Gasteiger partial charge in [0.1, 0.15) is 0 Å². The molecule has 1 N–H and O–H groups in total. The first-order valence-corrected chi connectivity index (χ1v) is 8.38. The monoisotopic (exact) mass is 314 g/mol. The van der Waals surface area contributed by atoms with Crippen LogP contribution >= 0.6 is 11.6 Å². The van der Waals surface area contributed by atoms with Gasteiger partial charge in [0.25, 0.3) is 0 Å². The lowest BCUT2D eigenvalue weighted by Gasteiger charge is -2.37. The van der Waals surface area contributed by atoms with Crippen molar-refractivity contribution in [3.05, 3.63) is 64.7 Å². The van der Waals surface area contributed by atoms with Crippen molar-refractivity contribution in [2.24, 2.45) is 0 Å². The summed E-state index contributed by atoms with van der Waals surface area (Å²) in [6, 6.07) is 17.6. The van der Waals surface area contributed by atoms with E-state index in [1.807, 2.05) is 12.1 Å². The Kier molecular flexibility index (Phi) is 5.01. The summed E-state index contributed by atoms with van der Waals surface area (Å²) in [5, 5.41) is 4.27. The third-order valence-electron chi connectivity index (χ3n) is 4.32. The van der Waals surface area contributed by atoms with Gasteiger partial charge in [-0.15, -0.1) is 0 Å². The fourth-order valence-electron chi connectivity index (χ4n) is 3.19. The van der Waals surface area contributed by atoms with Gasteiger partial charge in [-0.1, -0.05) is 35.9 Å². The molecule has 2 nitrogen and oxygen atoms in total. The Bertz CT molecular complexity index is 620. The van der Waals surface area contributed by atoms with E-state index < -0.39 is 0 Å². The van der Waals surface area contributed by atoms with Crippen LogP contribution in [-0.4, -0.2) is 19.1 Å². The lowest BCUT2D eigenvalue weighted by molar-refractivity contribution is 0.428.